The van der Waals surface area contributed by atoms with Crippen molar-refractivity contribution in [3.8, 4) is 5.19 Å². The second kappa shape index (κ2) is 3.34. The molecular formula is C10H11NOS. The number of fused-ring (bicyclic) bond motifs is 1. The lowest BCUT2D eigenvalue weighted by Gasteiger charge is -1.96. The lowest BCUT2D eigenvalue weighted by molar-refractivity contribution is 0.472. The maximum absolute atomic E-state index is 9.18. The van der Waals surface area contributed by atoms with Crippen LogP contribution < -0.4 is 0 Å². The fraction of sp³-hybridized carbons (Fsp3) is 0.300. The van der Waals surface area contributed by atoms with Crippen LogP contribution >= 0.6 is 11.3 Å². The molecule has 0 unspecified atom stereocenters. The van der Waals surface area contributed by atoms with E-state index in [2.05, 4.69) is 24.0 Å². The largest absolute Gasteiger partial charge is 0.486 e. The summed E-state index contributed by atoms with van der Waals surface area (Å²) in [6, 6.07) is 6.18. The van der Waals surface area contributed by atoms with Crippen molar-refractivity contribution in [1.29, 1.82) is 0 Å². The number of aromatic nitrogens is 1. The van der Waals surface area contributed by atoms with E-state index >= 15 is 0 Å². The first-order chi connectivity index (χ1) is 6.29. The Hall–Kier alpha value is -1.09. The zero-order chi connectivity index (χ0) is 9.26. The van der Waals surface area contributed by atoms with Gasteiger partial charge in [0.05, 0.1) is 10.2 Å². The van der Waals surface area contributed by atoms with E-state index in [4.69, 9.17) is 0 Å². The summed E-state index contributed by atoms with van der Waals surface area (Å²) in [4.78, 5) is 4.03. The molecule has 2 aromatic rings. The SMILES string of the molecule is CCCc1ccc2sc(O)nc2c1. The average molecular weight is 193 g/mol. The maximum atomic E-state index is 9.18. The highest BCUT2D eigenvalue weighted by atomic mass is 32.1. The third-order valence-corrected chi connectivity index (χ3v) is 2.82. The van der Waals surface area contributed by atoms with E-state index in [-0.39, 0.29) is 5.19 Å². The van der Waals surface area contributed by atoms with Crippen molar-refractivity contribution in [2.45, 2.75) is 19.8 Å². The molecule has 0 saturated heterocycles. The van der Waals surface area contributed by atoms with Crippen LogP contribution in [0.4, 0.5) is 0 Å². The standard InChI is InChI=1S/C10H11NOS/c1-2-3-7-4-5-9-8(6-7)11-10(12)13-9/h4-6H,2-3H2,1H3,(H,11,12). The van der Waals surface area contributed by atoms with E-state index in [1.165, 1.54) is 16.9 Å². The van der Waals surface area contributed by atoms with Gasteiger partial charge >= 0.3 is 0 Å². The summed E-state index contributed by atoms with van der Waals surface area (Å²) >= 11 is 1.32. The van der Waals surface area contributed by atoms with E-state index in [1.807, 2.05) is 6.07 Å². The topological polar surface area (TPSA) is 33.1 Å². The highest BCUT2D eigenvalue weighted by Gasteiger charge is 2.02. The van der Waals surface area contributed by atoms with Gasteiger partial charge in [0.1, 0.15) is 0 Å². The molecule has 1 aromatic heterocycles. The Kier molecular flexibility index (Phi) is 2.19. The smallest absolute Gasteiger partial charge is 0.271 e. The fourth-order valence-electron chi connectivity index (χ4n) is 1.41. The summed E-state index contributed by atoms with van der Waals surface area (Å²) in [6.45, 7) is 2.16. The summed E-state index contributed by atoms with van der Waals surface area (Å²) < 4.78 is 1.05. The summed E-state index contributed by atoms with van der Waals surface area (Å²) in [5, 5.41) is 9.34. The van der Waals surface area contributed by atoms with E-state index in [1.54, 1.807) is 0 Å². The molecule has 0 fully saturated rings. The number of hydrogen-bond acceptors (Lipinski definition) is 3. The van der Waals surface area contributed by atoms with E-state index < -0.39 is 0 Å². The van der Waals surface area contributed by atoms with Gasteiger partial charge in [0, 0.05) is 0 Å². The van der Waals surface area contributed by atoms with Gasteiger partial charge in [-0.15, -0.1) is 0 Å². The minimum atomic E-state index is 0.156. The van der Waals surface area contributed by atoms with Gasteiger partial charge < -0.3 is 5.11 Å². The molecule has 0 radical (unpaired) electrons. The normalized spacial score (nSPS) is 10.8. The molecule has 1 aromatic carbocycles. The lowest BCUT2D eigenvalue weighted by atomic mass is 10.1. The Balaban J connectivity index is 2.48. The zero-order valence-corrected chi connectivity index (χ0v) is 8.27. The van der Waals surface area contributed by atoms with Crippen LogP contribution in [0.2, 0.25) is 0 Å². The van der Waals surface area contributed by atoms with Crippen LogP contribution in [0.15, 0.2) is 18.2 Å². The van der Waals surface area contributed by atoms with Crippen LogP contribution in [-0.2, 0) is 6.42 Å². The number of hydrogen-bond donors (Lipinski definition) is 1. The van der Waals surface area contributed by atoms with E-state index in [0.717, 1.165) is 23.1 Å². The molecule has 0 saturated carbocycles. The van der Waals surface area contributed by atoms with Crippen molar-refractivity contribution < 1.29 is 5.11 Å². The van der Waals surface area contributed by atoms with Gasteiger partial charge in [-0.05, 0) is 24.1 Å². The van der Waals surface area contributed by atoms with Crippen molar-refractivity contribution >= 4 is 21.6 Å². The molecule has 0 aliphatic heterocycles. The summed E-state index contributed by atoms with van der Waals surface area (Å²) in [7, 11) is 0. The number of aryl methyl sites for hydroxylation is 1. The third-order valence-electron chi connectivity index (χ3n) is 1.98. The predicted octanol–water partition coefficient (Wildman–Crippen LogP) is 2.95. The fourth-order valence-corrected chi connectivity index (χ4v) is 2.09. The Bertz CT molecular complexity index is 422. The summed E-state index contributed by atoms with van der Waals surface area (Å²) in [5.41, 5.74) is 2.20. The highest BCUT2D eigenvalue weighted by Crippen LogP contribution is 2.27. The van der Waals surface area contributed by atoms with Gasteiger partial charge in [-0.2, -0.15) is 0 Å². The molecule has 0 atom stereocenters. The summed E-state index contributed by atoms with van der Waals surface area (Å²) in [6.07, 6.45) is 2.22. The Labute approximate surface area is 80.9 Å². The van der Waals surface area contributed by atoms with Crippen LogP contribution in [0.3, 0.4) is 0 Å². The second-order valence-electron chi connectivity index (χ2n) is 3.05. The molecule has 68 valence electrons. The Morgan fingerprint density at radius 3 is 3.08 bits per heavy atom. The van der Waals surface area contributed by atoms with Gasteiger partial charge in [0.25, 0.3) is 5.19 Å². The van der Waals surface area contributed by atoms with Crippen LogP contribution in [0.5, 0.6) is 5.19 Å². The predicted molar refractivity (Wildman–Crippen MR) is 55.3 cm³/mol. The zero-order valence-electron chi connectivity index (χ0n) is 7.45. The van der Waals surface area contributed by atoms with E-state index in [0.29, 0.717) is 0 Å². The van der Waals surface area contributed by atoms with Crippen molar-refractivity contribution in [2.75, 3.05) is 0 Å². The first kappa shape index (κ1) is 8.51. The van der Waals surface area contributed by atoms with Crippen molar-refractivity contribution in [1.82, 2.24) is 4.98 Å². The lowest BCUT2D eigenvalue weighted by Crippen LogP contribution is -1.81. The number of thiazole rings is 1. The number of benzene rings is 1. The number of rotatable bonds is 2. The molecule has 1 N–H and O–H groups in total. The second-order valence-corrected chi connectivity index (χ2v) is 4.06. The van der Waals surface area contributed by atoms with Crippen molar-refractivity contribution in [3.05, 3.63) is 23.8 Å². The first-order valence-corrected chi connectivity index (χ1v) is 5.19. The van der Waals surface area contributed by atoms with E-state index in [9.17, 15) is 5.11 Å². The van der Waals surface area contributed by atoms with Crippen LogP contribution in [0, 0.1) is 0 Å². The molecule has 0 spiro atoms. The van der Waals surface area contributed by atoms with Crippen LogP contribution in [-0.4, -0.2) is 10.1 Å². The van der Waals surface area contributed by atoms with Crippen LogP contribution in [0.25, 0.3) is 10.2 Å². The minimum Gasteiger partial charge on any atom is -0.486 e. The van der Waals surface area contributed by atoms with Gasteiger partial charge in [-0.25, -0.2) is 4.98 Å². The Morgan fingerprint density at radius 1 is 1.46 bits per heavy atom. The molecule has 0 aliphatic rings. The van der Waals surface area contributed by atoms with Gasteiger partial charge in [0.2, 0.25) is 0 Å². The third kappa shape index (κ3) is 1.65. The minimum absolute atomic E-state index is 0.156. The van der Waals surface area contributed by atoms with Crippen molar-refractivity contribution in [3.63, 3.8) is 0 Å². The van der Waals surface area contributed by atoms with Gasteiger partial charge in [0.15, 0.2) is 0 Å². The molecule has 13 heavy (non-hydrogen) atoms. The van der Waals surface area contributed by atoms with Crippen LogP contribution in [0.1, 0.15) is 18.9 Å². The van der Waals surface area contributed by atoms with Crippen molar-refractivity contribution in [2.24, 2.45) is 0 Å². The number of aromatic hydroxyl groups is 1. The molecular weight excluding hydrogens is 182 g/mol. The van der Waals surface area contributed by atoms with Gasteiger partial charge in [-0.1, -0.05) is 30.7 Å². The average Bonchev–Trinajstić information content (AvgIpc) is 2.44. The molecule has 0 aliphatic carbocycles. The van der Waals surface area contributed by atoms with Gasteiger partial charge in [-0.3, -0.25) is 0 Å². The molecule has 0 bridgehead atoms. The quantitative estimate of drug-likeness (QED) is 0.795. The first-order valence-electron chi connectivity index (χ1n) is 4.38. The molecule has 2 nitrogen and oxygen atoms in total. The number of nitrogens with zero attached hydrogens (tertiary/aromatic N) is 1. The molecule has 3 heteroatoms. The highest BCUT2D eigenvalue weighted by molar-refractivity contribution is 7.20. The monoisotopic (exact) mass is 193 g/mol. The summed E-state index contributed by atoms with van der Waals surface area (Å²) in [5.74, 6) is 0. The maximum Gasteiger partial charge on any atom is 0.271 e. The Morgan fingerprint density at radius 2 is 2.31 bits per heavy atom. The molecule has 2 rings (SSSR count). The molecule has 1 heterocycles. The molecule has 0 amide bonds.